The molecule has 0 aromatic carbocycles. The highest BCUT2D eigenvalue weighted by Crippen LogP contribution is 2.30. The van der Waals surface area contributed by atoms with Gasteiger partial charge in [0.25, 0.3) is 11.7 Å². The normalized spacial score (nSPS) is 15.0. The second-order valence-electron chi connectivity index (χ2n) is 7.20. The lowest BCUT2D eigenvalue weighted by Gasteiger charge is -2.13. The number of ether oxygens (including phenoxy) is 1. The Morgan fingerprint density at radius 2 is 2.27 bits per heavy atom. The van der Waals surface area contributed by atoms with E-state index < -0.39 is 12.5 Å². The number of carbonyl (C=O) groups is 1. The Balaban J connectivity index is 1.51. The van der Waals surface area contributed by atoms with E-state index >= 15 is 0 Å². The molecule has 1 saturated carbocycles. The van der Waals surface area contributed by atoms with Gasteiger partial charge in [0.2, 0.25) is 5.13 Å². The molecular weight excluding hydrogens is 452 g/mol. The average Bonchev–Trinajstić information content (AvgIpc) is 3.32. The van der Waals surface area contributed by atoms with Crippen molar-refractivity contribution in [3.8, 4) is 11.8 Å². The van der Waals surface area contributed by atoms with Gasteiger partial charge >= 0.3 is 18.2 Å². The molecule has 1 N–H and O–H groups in total. The number of halogens is 2. The number of anilines is 1. The van der Waals surface area contributed by atoms with Crippen molar-refractivity contribution in [2.24, 2.45) is 5.92 Å². The zero-order valence-corrected chi connectivity index (χ0v) is 17.9. The largest absolute Gasteiger partial charge is 0.419 e. The summed E-state index contributed by atoms with van der Waals surface area (Å²) in [5.74, 6) is 8.08. The van der Waals surface area contributed by atoms with E-state index in [9.17, 15) is 13.6 Å². The fourth-order valence-electron chi connectivity index (χ4n) is 3.03. The van der Waals surface area contributed by atoms with Gasteiger partial charge in [-0.25, -0.2) is 9.50 Å². The molecule has 2 aliphatic rings. The number of amides is 1. The average molecular weight is 466 g/mol. The molecule has 0 spiro atoms. The Hall–Kier alpha value is -4.16. The molecule has 1 aliphatic carbocycles. The van der Waals surface area contributed by atoms with Gasteiger partial charge in [-0.3, -0.25) is 10.1 Å². The summed E-state index contributed by atoms with van der Waals surface area (Å²) < 4.78 is 35.9. The number of rotatable bonds is 5. The number of pyridine rings is 1. The number of nitrogens with zero attached hydrogens (tertiary/aromatic N) is 6. The monoisotopic (exact) mass is 466 g/mol. The van der Waals surface area contributed by atoms with Crippen LogP contribution in [0.15, 0.2) is 30.4 Å². The van der Waals surface area contributed by atoms with Crippen molar-refractivity contribution < 1.29 is 18.3 Å². The summed E-state index contributed by atoms with van der Waals surface area (Å²) in [6, 6.07) is 1.49. The highest BCUT2D eigenvalue weighted by molar-refractivity contribution is 7.15. The van der Waals surface area contributed by atoms with Crippen LogP contribution < -0.4 is 9.98 Å². The number of aromatic nitrogens is 5. The van der Waals surface area contributed by atoms with Crippen molar-refractivity contribution in [1.82, 2.24) is 29.5 Å². The second kappa shape index (κ2) is 8.41. The number of alkyl halides is 2. The van der Waals surface area contributed by atoms with Crippen LogP contribution in [0.1, 0.15) is 40.7 Å². The molecule has 5 rings (SSSR count). The van der Waals surface area contributed by atoms with Crippen molar-refractivity contribution >= 4 is 45.2 Å². The van der Waals surface area contributed by atoms with Crippen LogP contribution in [-0.2, 0) is 4.74 Å². The van der Waals surface area contributed by atoms with Gasteiger partial charge in [-0.1, -0.05) is 17.3 Å². The molecule has 9 nitrogen and oxygen atoms in total. The number of allylic oxidation sites excluding steroid dienone is 2. The smallest absolute Gasteiger partial charge is 0.388 e. The zero-order valence-electron chi connectivity index (χ0n) is 17.0. The first-order valence-electron chi connectivity index (χ1n) is 9.80. The van der Waals surface area contributed by atoms with E-state index in [1.165, 1.54) is 29.2 Å². The summed E-state index contributed by atoms with van der Waals surface area (Å²) in [6.45, 7) is -1.42. The number of hydrogen-bond acceptors (Lipinski definition) is 7. The first-order valence-corrected chi connectivity index (χ1v) is 10.6. The Bertz CT molecular complexity index is 1480. The van der Waals surface area contributed by atoms with Gasteiger partial charge in [0, 0.05) is 36.3 Å². The lowest BCUT2D eigenvalue weighted by atomic mass is 9.98. The van der Waals surface area contributed by atoms with Crippen molar-refractivity contribution in [1.29, 1.82) is 0 Å². The molecule has 164 valence electrons. The molecule has 4 heterocycles. The van der Waals surface area contributed by atoms with Gasteiger partial charge in [-0.05, 0) is 29.5 Å². The lowest BCUT2D eigenvalue weighted by Crippen LogP contribution is -2.17. The second-order valence-corrected chi connectivity index (χ2v) is 8.18. The van der Waals surface area contributed by atoms with E-state index in [1.54, 1.807) is 6.92 Å². The number of carbonyl (C=O) groups excluding carboxylic acids is 1. The maximum Gasteiger partial charge on any atom is 0.388 e. The van der Waals surface area contributed by atoms with Crippen LogP contribution in [0.5, 0.6) is 0 Å². The van der Waals surface area contributed by atoms with Crippen molar-refractivity contribution in [2.45, 2.75) is 26.4 Å². The van der Waals surface area contributed by atoms with E-state index in [0.717, 1.165) is 24.2 Å². The van der Waals surface area contributed by atoms with Crippen LogP contribution in [0.4, 0.5) is 13.9 Å². The minimum Gasteiger partial charge on any atom is -0.419 e. The molecule has 1 fully saturated rings. The van der Waals surface area contributed by atoms with Gasteiger partial charge in [0.1, 0.15) is 6.33 Å². The predicted octanol–water partition coefficient (Wildman–Crippen LogP) is 2.31. The molecule has 0 unspecified atom stereocenters. The van der Waals surface area contributed by atoms with Crippen LogP contribution in [0.25, 0.3) is 11.2 Å². The molecule has 3 aromatic heterocycles. The van der Waals surface area contributed by atoms with Gasteiger partial charge < -0.3 is 4.74 Å². The maximum absolute atomic E-state index is 13.2. The summed E-state index contributed by atoms with van der Waals surface area (Å²) in [6.07, 6.45) is 6.53. The fourth-order valence-corrected chi connectivity index (χ4v) is 3.63. The Kier molecular flexibility index (Phi) is 5.28. The van der Waals surface area contributed by atoms with Crippen LogP contribution in [0.2, 0.25) is 0 Å². The molecule has 0 saturated heterocycles. The Morgan fingerprint density at radius 3 is 3.06 bits per heavy atom. The molecule has 0 bridgehead atoms. The maximum atomic E-state index is 13.2. The van der Waals surface area contributed by atoms with Gasteiger partial charge in [0.15, 0.2) is 10.7 Å². The predicted molar refractivity (Wildman–Crippen MR) is 117 cm³/mol. The standard InChI is InChI=1S/C21H13F2N7O2S/c1-11-6-13(16(8-24-11)32-20(22)23)15-9-30-17(25-10-26-30)7-14(15)19(31)27-21-29-28-18(33-21)5-4-12-2-3-12/h6-7,9-10,12,20H,2-3H2,1H3/p+1. The van der Waals surface area contributed by atoms with Crippen LogP contribution in [0, 0.1) is 17.8 Å². The van der Waals surface area contributed by atoms with E-state index in [2.05, 4.69) is 52.7 Å². The van der Waals surface area contributed by atoms with E-state index in [0.29, 0.717) is 22.3 Å². The topological polar surface area (TPSA) is 108 Å². The summed E-state index contributed by atoms with van der Waals surface area (Å²) in [5, 5.41) is 15.5. The quantitative estimate of drug-likeness (QED) is 0.457. The minimum atomic E-state index is -3.09. The van der Waals surface area contributed by atoms with Crippen LogP contribution in [0.3, 0.4) is 0 Å². The minimum absolute atomic E-state index is 0.148. The molecule has 0 radical (unpaired) electrons. The SMILES string of the molecule is CC1=[N+]=C=C(OC(F)F)C(c2cn3ncnc3cc2C(=O)Nc2nnc(C#CC3CC3)s2)=C1. The first-order chi connectivity index (χ1) is 16.0. The van der Waals surface area contributed by atoms with E-state index in [4.69, 9.17) is 0 Å². The molecule has 3 aromatic rings. The molecule has 33 heavy (non-hydrogen) atoms. The Labute approximate surface area is 189 Å². The summed E-state index contributed by atoms with van der Waals surface area (Å²) in [4.78, 5) is 17.3. The van der Waals surface area contributed by atoms with Gasteiger partial charge in [-0.2, -0.15) is 13.9 Å². The third-order valence-electron chi connectivity index (χ3n) is 4.70. The molecule has 1 aliphatic heterocycles. The number of fused-ring (bicyclic) bond motifs is 1. The Morgan fingerprint density at radius 1 is 1.42 bits per heavy atom. The fraction of sp³-hybridized carbons (Fsp3) is 0.238. The summed E-state index contributed by atoms with van der Waals surface area (Å²) in [5.41, 5.74) is 1.53. The van der Waals surface area contributed by atoms with E-state index in [1.807, 2.05) is 0 Å². The number of hydrogen-bond donors (Lipinski definition) is 1. The molecule has 1 amide bonds. The van der Waals surface area contributed by atoms with Gasteiger partial charge in [0.05, 0.1) is 5.56 Å². The highest BCUT2D eigenvalue weighted by Gasteiger charge is 2.27. The third kappa shape index (κ3) is 4.56. The van der Waals surface area contributed by atoms with Crippen molar-refractivity contribution in [3.63, 3.8) is 0 Å². The summed E-state index contributed by atoms with van der Waals surface area (Å²) >= 11 is 1.15. The van der Waals surface area contributed by atoms with Gasteiger partial charge in [-0.15, -0.1) is 10.2 Å². The lowest BCUT2D eigenvalue weighted by molar-refractivity contribution is -0.0892. The van der Waals surface area contributed by atoms with Crippen molar-refractivity contribution in [2.75, 3.05) is 5.32 Å². The first kappa shape index (κ1) is 20.7. The summed E-state index contributed by atoms with van der Waals surface area (Å²) in [7, 11) is 0. The van der Waals surface area contributed by atoms with Crippen molar-refractivity contribution in [3.05, 3.63) is 46.6 Å². The molecule has 12 heteroatoms. The van der Waals surface area contributed by atoms with Crippen LogP contribution >= 0.6 is 11.3 Å². The van der Waals surface area contributed by atoms with Crippen LogP contribution in [-0.4, -0.2) is 48.9 Å². The third-order valence-corrected chi connectivity index (χ3v) is 5.45. The highest BCUT2D eigenvalue weighted by atomic mass is 32.1. The molecule has 0 atom stereocenters. The van der Waals surface area contributed by atoms with E-state index in [-0.39, 0.29) is 27.6 Å². The zero-order chi connectivity index (χ0) is 22.9. The number of nitrogens with one attached hydrogen (secondary N) is 1. The molecular formula is C21H14F2N7O2S+.